The molecule has 0 amide bonds. The predicted molar refractivity (Wildman–Crippen MR) is 52.8 cm³/mol. The van der Waals surface area contributed by atoms with Crippen molar-refractivity contribution in [2.24, 2.45) is 11.7 Å². The number of rotatable bonds is 4. The maximum Gasteiger partial charge on any atom is 0.215 e. The van der Waals surface area contributed by atoms with Crippen molar-refractivity contribution in [1.82, 2.24) is 4.31 Å². The van der Waals surface area contributed by atoms with Crippen LogP contribution in [0.5, 0.6) is 0 Å². The van der Waals surface area contributed by atoms with Gasteiger partial charge in [-0.1, -0.05) is 13.3 Å². The monoisotopic (exact) mass is 206 g/mol. The molecule has 1 unspecified atom stereocenters. The second-order valence-electron chi connectivity index (χ2n) is 3.53. The molecule has 1 atom stereocenters. The van der Waals surface area contributed by atoms with Gasteiger partial charge in [0.1, 0.15) is 0 Å². The van der Waals surface area contributed by atoms with Gasteiger partial charge in [-0.05, 0) is 12.3 Å². The summed E-state index contributed by atoms with van der Waals surface area (Å²) < 4.78 is 24.7. The molecule has 5 heteroatoms. The molecule has 0 aromatic carbocycles. The lowest BCUT2D eigenvalue weighted by molar-refractivity contribution is 0.453. The lowest BCUT2D eigenvalue weighted by Gasteiger charge is -2.15. The van der Waals surface area contributed by atoms with Crippen LogP contribution < -0.4 is 5.73 Å². The molecule has 78 valence electrons. The van der Waals surface area contributed by atoms with E-state index in [0.29, 0.717) is 19.0 Å². The Bertz CT molecular complexity index is 251. The van der Waals surface area contributed by atoms with Crippen LogP contribution in [0.1, 0.15) is 19.8 Å². The molecule has 0 bridgehead atoms. The van der Waals surface area contributed by atoms with Crippen LogP contribution in [-0.2, 0) is 10.0 Å². The van der Waals surface area contributed by atoms with E-state index in [4.69, 9.17) is 5.73 Å². The van der Waals surface area contributed by atoms with Gasteiger partial charge in [-0.15, -0.1) is 0 Å². The third-order valence-corrected chi connectivity index (χ3v) is 4.47. The molecule has 1 saturated heterocycles. The molecule has 0 spiro atoms. The van der Waals surface area contributed by atoms with Gasteiger partial charge in [-0.3, -0.25) is 0 Å². The average Bonchev–Trinajstić information content (AvgIpc) is 2.52. The number of nitrogens with two attached hydrogens (primary N) is 1. The normalized spacial score (nSPS) is 25.2. The summed E-state index contributed by atoms with van der Waals surface area (Å²) in [7, 11) is -3.04. The number of nitrogens with zero attached hydrogens (tertiary/aromatic N) is 1. The van der Waals surface area contributed by atoms with Gasteiger partial charge in [0.15, 0.2) is 0 Å². The van der Waals surface area contributed by atoms with Gasteiger partial charge in [0.05, 0.1) is 5.75 Å². The first kappa shape index (κ1) is 10.9. The van der Waals surface area contributed by atoms with Crippen molar-refractivity contribution in [1.29, 1.82) is 0 Å². The first-order chi connectivity index (χ1) is 6.10. The molecule has 13 heavy (non-hydrogen) atoms. The van der Waals surface area contributed by atoms with Gasteiger partial charge in [0.25, 0.3) is 0 Å². The Morgan fingerprint density at radius 3 is 2.69 bits per heavy atom. The van der Waals surface area contributed by atoms with E-state index in [1.165, 1.54) is 0 Å². The summed E-state index contributed by atoms with van der Waals surface area (Å²) in [6.07, 6.45) is 2.06. The highest BCUT2D eigenvalue weighted by molar-refractivity contribution is 7.89. The van der Waals surface area contributed by atoms with E-state index in [1.807, 2.05) is 0 Å². The summed E-state index contributed by atoms with van der Waals surface area (Å²) in [5.41, 5.74) is 5.24. The number of hydrogen-bond acceptors (Lipinski definition) is 3. The van der Waals surface area contributed by atoms with Crippen LogP contribution in [0.2, 0.25) is 0 Å². The third kappa shape index (κ3) is 2.65. The van der Waals surface area contributed by atoms with Crippen molar-refractivity contribution in [3.05, 3.63) is 0 Å². The lowest BCUT2D eigenvalue weighted by atomic mass is 10.1. The first-order valence-corrected chi connectivity index (χ1v) is 6.39. The van der Waals surface area contributed by atoms with Crippen LogP contribution >= 0.6 is 0 Å². The summed E-state index contributed by atoms with van der Waals surface area (Å²) in [4.78, 5) is 0. The molecular formula is C8H18N2O2S. The zero-order valence-electron chi connectivity index (χ0n) is 8.07. The van der Waals surface area contributed by atoms with Crippen LogP contribution in [0.3, 0.4) is 0 Å². The van der Waals surface area contributed by atoms with Crippen molar-refractivity contribution in [2.75, 3.05) is 25.4 Å². The maximum absolute atomic E-state index is 11.5. The van der Waals surface area contributed by atoms with Crippen molar-refractivity contribution >= 4 is 10.0 Å². The molecule has 1 fully saturated rings. The van der Waals surface area contributed by atoms with Gasteiger partial charge in [0.2, 0.25) is 10.0 Å². The van der Waals surface area contributed by atoms with Crippen molar-refractivity contribution in [2.45, 2.75) is 19.8 Å². The maximum atomic E-state index is 11.5. The Morgan fingerprint density at radius 1 is 1.54 bits per heavy atom. The fourth-order valence-corrected chi connectivity index (χ4v) is 3.04. The smallest absolute Gasteiger partial charge is 0.215 e. The Labute approximate surface area is 80.1 Å². The largest absolute Gasteiger partial charge is 0.329 e. The van der Waals surface area contributed by atoms with Crippen LogP contribution in [0.15, 0.2) is 0 Å². The standard InChI is InChI=1S/C8H18N2O2S/c1-2-8-3-5-10(7-8)13(11,12)6-4-9/h8H,2-7,9H2,1H3. The number of sulfonamides is 1. The summed E-state index contributed by atoms with van der Waals surface area (Å²) in [5.74, 6) is 0.635. The SMILES string of the molecule is CCC1CCN(S(=O)(=O)CCN)C1. The highest BCUT2D eigenvalue weighted by Crippen LogP contribution is 2.21. The molecule has 4 nitrogen and oxygen atoms in total. The highest BCUT2D eigenvalue weighted by Gasteiger charge is 2.29. The van der Waals surface area contributed by atoms with E-state index in [1.54, 1.807) is 4.31 Å². The quantitative estimate of drug-likeness (QED) is 0.704. The van der Waals surface area contributed by atoms with E-state index in [0.717, 1.165) is 12.8 Å². The molecular weight excluding hydrogens is 188 g/mol. The zero-order valence-corrected chi connectivity index (χ0v) is 8.89. The van der Waals surface area contributed by atoms with Crippen molar-refractivity contribution in [3.63, 3.8) is 0 Å². The minimum atomic E-state index is -3.04. The van der Waals surface area contributed by atoms with E-state index < -0.39 is 10.0 Å². The second kappa shape index (κ2) is 4.39. The molecule has 1 aliphatic heterocycles. The zero-order chi connectivity index (χ0) is 9.90. The molecule has 0 saturated carbocycles. The molecule has 1 rings (SSSR count). The Morgan fingerprint density at radius 2 is 2.23 bits per heavy atom. The minimum Gasteiger partial charge on any atom is -0.329 e. The van der Waals surface area contributed by atoms with Crippen LogP contribution in [0.25, 0.3) is 0 Å². The molecule has 0 aromatic rings. The second-order valence-corrected chi connectivity index (χ2v) is 5.61. The lowest BCUT2D eigenvalue weighted by Crippen LogP contribution is -2.33. The van der Waals surface area contributed by atoms with Crippen LogP contribution in [-0.4, -0.2) is 38.1 Å². The highest BCUT2D eigenvalue weighted by atomic mass is 32.2. The Hall–Kier alpha value is -0.130. The summed E-state index contributed by atoms with van der Waals surface area (Å²) in [6, 6.07) is 0. The molecule has 0 aliphatic carbocycles. The van der Waals surface area contributed by atoms with E-state index in [9.17, 15) is 8.42 Å². The fourth-order valence-electron chi connectivity index (χ4n) is 1.66. The summed E-state index contributed by atoms with van der Waals surface area (Å²) in [6.45, 7) is 3.69. The van der Waals surface area contributed by atoms with Gasteiger partial charge in [0, 0.05) is 19.6 Å². The van der Waals surface area contributed by atoms with E-state index in [-0.39, 0.29) is 12.3 Å². The van der Waals surface area contributed by atoms with Gasteiger partial charge >= 0.3 is 0 Å². The molecule has 0 aromatic heterocycles. The van der Waals surface area contributed by atoms with Crippen molar-refractivity contribution < 1.29 is 8.42 Å². The fraction of sp³-hybridized carbons (Fsp3) is 1.00. The number of hydrogen-bond donors (Lipinski definition) is 1. The van der Waals surface area contributed by atoms with Crippen molar-refractivity contribution in [3.8, 4) is 0 Å². The van der Waals surface area contributed by atoms with Gasteiger partial charge in [-0.2, -0.15) is 0 Å². The van der Waals surface area contributed by atoms with Gasteiger partial charge in [-0.25, -0.2) is 12.7 Å². The summed E-state index contributed by atoms with van der Waals surface area (Å²) in [5, 5.41) is 0. The average molecular weight is 206 g/mol. The Balaban J connectivity index is 2.55. The van der Waals surface area contributed by atoms with Crippen LogP contribution in [0, 0.1) is 5.92 Å². The van der Waals surface area contributed by atoms with Crippen LogP contribution in [0.4, 0.5) is 0 Å². The molecule has 1 aliphatic rings. The predicted octanol–water partition coefficient (Wildman–Crippen LogP) is 0.00680. The van der Waals surface area contributed by atoms with Gasteiger partial charge < -0.3 is 5.73 Å². The minimum absolute atomic E-state index is 0.0867. The molecule has 0 radical (unpaired) electrons. The molecule has 2 N–H and O–H groups in total. The molecule has 1 heterocycles. The third-order valence-electron chi connectivity index (χ3n) is 2.60. The first-order valence-electron chi connectivity index (χ1n) is 4.78. The van der Waals surface area contributed by atoms with E-state index >= 15 is 0 Å². The topological polar surface area (TPSA) is 63.4 Å². The van der Waals surface area contributed by atoms with E-state index in [2.05, 4.69) is 6.92 Å². The Kier molecular flexibility index (Phi) is 3.70. The summed E-state index contributed by atoms with van der Waals surface area (Å²) >= 11 is 0.